The molecule has 3 nitrogen and oxygen atoms in total. The summed E-state index contributed by atoms with van der Waals surface area (Å²) in [5.74, 6) is -1.41. The molecule has 1 aliphatic rings. The third-order valence-corrected chi connectivity index (χ3v) is 0.966. The van der Waals surface area contributed by atoms with Gasteiger partial charge in [0.1, 0.15) is 0 Å². The van der Waals surface area contributed by atoms with Gasteiger partial charge in [0.15, 0.2) is 6.67 Å². The zero-order valence-electron chi connectivity index (χ0n) is 7.03. The van der Waals surface area contributed by atoms with Crippen LogP contribution >= 0.6 is 0 Å². The smallest absolute Gasteiger partial charge is 0.362 e. The summed E-state index contributed by atoms with van der Waals surface area (Å²) in [5.41, 5.74) is 0. The highest BCUT2D eigenvalue weighted by molar-refractivity contribution is 5.72. The van der Waals surface area contributed by atoms with E-state index in [9.17, 15) is 13.2 Å². The van der Waals surface area contributed by atoms with Gasteiger partial charge in [0.2, 0.25) is 0 Å². The number of aliphatic imine (C=N–C) groups is 1. The van der Waals surface area contributed by atoms with Crippen LogP contribution in [0.2, 0.25) is 0 Å². The Morgan fingerprint density at radius 2 is 1.93 bits per heavy atom. The molecule has 0 amide bonds. The first-order valence-electron chi connectivity index (χ1n) is 3.53. The van der Waals surface area contributed by atoms with Gasteiger partial charge in [0.25, 0.3) is 0 Å². The Kier molecular flexibility index (Phi) is 5.28. The van der Waals surface area contributed by atoms with E-state index in [0.29, 0.717) is 0 Å². The van der Waals surface area contributed by atoms with E-state index in [0.717, 1.165) is 12.3 Å². The molecule has 0 radical (unpaired) electrons. The van der Waals surface area contributed by atoms with E-state index >= 15 is 0 Å². The number of carboxylic acid groups (broad SMARTS) is 1. The fraction of sp³-hybridized carbons (Fsp3) is 0.250. The van der Waals surface area contributed by atoms with Crippen LogP contribution in [-0.4, -0.2) is 30.0 Å². The number of hydrogen-bond acceptors (Lipinski definition) is 2. The van der Waals surface area contributed by atoms with Crippen LogP contribution in [0.1, 0.15) is 0 Å². The fourth-order valence-corrected chi connectivity index (χ4v) is 0.471. The largest absolute Gasteiger partial charge is 0.479 e. The van der Waals surface area contributed by atoms with Crippen LogP contribution in [0.15, 0.2) is 29.3 Å². The van der Waals surface area contributed by atoms with Crippen molar-refractivity contribution >= 4 is 12.2 Å². The lowest BCUT2D eigenvalue weighted by atomic mass is 10.4. The third-order valence-electron chi connectivity index (χ3n) is 0.966. The highest BCUT2D eigenvalue weighted by Gasteiger charge is 2.21. The van der Waals surface area contributed by atoms with Crippen LogP contribution in [0.5, 0.6) is 0 Å². The van der Waals surface area contributed by atoms with Crippen LogP contribution in [0, 0.1) is 0 Å². The molecule has 0 fully saturated rings. The van der Waals surface area contributed by atoms with E-state index in [-0.39, 0.29) is 0 Å². The molecule has 0 aromatic heterocycles. The molecule has 0 aromatic rings. The molecule has 0 unspecified atom stereocenters. The molecule has 0 atom stereocenters. The molecule has 0 saturated carbocycles. The van der Waals surface area contributed by atoms with Crippen molar-refractivity contribution in [2.45, 2.75) is 6.05 Å². The second kappa shape index (κ2) is 5.95. The Balaban J connectivity index is 0.000000292. The molecule has 0 aromatic carbocycles. The monoisotopic (exact) mass is 207 g/mol. The van der Waals surface area contributed by atoms with Gasteiger partial charge in [-0.25, -0.2) is 14.2 Å². The van der Waals surface area contributed by atoms with Crippen LogP contribution in [0.25, 0.3) is 0 Å². The molecule has 1 aliphatic heterocycles. The first-order valence-corrected chi connectivity index (χ1v) is 3.53. The van der Waals surface area contributed by atoms with E-state index in [4.69, 9.17) is 9.90 Å². The number of carbonyl (C=O) groups is 1. The molecular weight excluding hydrogens is 199 g/mol. The van der Waals surface area contributed by atoms with Crippen molar-refractivity contribution in [1.29, 1.82) is 0 Å². The van der Waals surface area contributed by atoms with Gasteiger partial charge in [-0.2, -0.15) is 8.78 Å². The quantitative estimate of drug-likeness (QED) is 0.666. The van der Waals surface area contributed by atoms with Crippen molar-refractivity contribution in [1.82, 2.24) is 0 Å². The molecule has 0 spiro atoms. The molecule has 1 heterocycles. The van der Waals surface area contributed by atoms with Gasteiger partial charge in [-0.05, 0) is 6.08 Å². The number of aliphatic carboxylic acids is 1. The molecule has 14 heavy (non-hydrogen) atoms. The lowest BCUT2D eigenvalue weighted by Crippen LogP contribution is -2.06. The number of hydrogen-bond donors (Lipinski definition) is 1. The Bertz CT molecular complexity index is 254. The average Bonchev–Trinajstić information content (AvgIpc) is 2.30. The minimum atomic E-state index is -3.01. The highest BCUT2D eigenvalue weighted by Crippen LogP contribution is 2.17. The zero-order chi connectivity index (χ0) is 11.0. The molecule has 78 valence electrons. The Morgan fingerprint density at radius 1 is 1.36 bits per heavy atom. The van der Waals surface area contributed by atoms with E-state index in [1.165, 1.54) is 18.2 Å². The molecule has 0 aliphatic carbocycles. The van der Waals surface area contributed by atoms with Crippen LogP contribution in [0.4, 0.5) is 13.2 Å². The minimum absolute atomic E-state index is 0.743. The van der Waals surface area contributed by atoms with E-state index in [2.05, 4.69) is 4.99 Å². The Morgan fingerprint density at radius 3 is 2.43 bits per heavy atom. The SMILES string of the molecule is FC1(F)C=CC=CC=N1.O=C(O)CF. The van der Waals surface area contributed by atoms with E-state index < -0.39 is 18.7 Å². The maximum Gasteiger partial charge on any atom is 0.362 e. The fourth-order valence-electron chi connectivity index (χ4n) is 0.471. The predicted molar refractivity (Wildman–Crippen MR) is 45.3 cm³/mol. The Labute approximate surface area is 78.3 Å². The van der Waals surface area contributed by atoms with Gasteiger partial charge < -0.3 is 5.11 Å². The van der Waals surface area contributed by atoms with Crippen LogP contribution < -0.4 is 0 Å². The summed E-state index contributed by atoms with van der Waals surface area (Å²) in [6.45, 7) is -1.28. The van der Waals surface area contributed by atoms with Gasteiger partial charge in [-0.3, -0.25) is 0 Å². The van der Waals surface area contributed by atoms with Crippen molar-refractivity contribution in [3.8, 4) is 0 Å². The summed E-state index contributed by atoms with van der Waals surface area (Å²) >= 11 is 0. The summed E-state index contributed by atoms with van der Waals surface area (Å²) in [6.07, 6.45) is 6.06. The summed E-state index contributed by atoms with van der Waals surface area (Å²) < 4.78 is 34.8. The summed E-state index contributed by atoms with van der Waals surface area (Å²) in [7, 11) is 0. The third kappa shape index (κ3) is 7.08. The lowest BCUT2D eigenvalue weighted by Gasteiger charge is -2.00. The van der Waals surface area contributed by atoms with Gasteiger partial charge >= 0.3 is 12.0 Å². The summed E-state index contributed by atoms with van der Waals surface area (Å²) in [5, 5.41) is 7.35. The molecule has 6 heteroatoms. The maximum absolute atomic E-state index is 12.1. The molecular formula is C8H8F3NO2. The van der Waals surface area contributed by atoms with Crippen LogP contribution in [-0.2, 0) is 4.79 Å². The zero-order valence-corrected chi connectivity index (χ0v) is 7.03. The van der Waals surface area contributed by atoms with E-state index in [1.807, 2.05) is 0 Å². The van der Waals surface area contributed by atoms with Gasteiger partial charge in [0, 0.05) is 12.3 Å². The number of rotatable bonds is 1. The Hall–Kier alpha value is -1.59. The maximum atomic E-state index is 12.1. The van der Waals surface area contributed by atoms with Crippen molar-refractivity contribution in [2.75, 3.05) is 6.67 Å². The predicted octanol–water partition coefficient (Wildman–Crippen LogP) is 1.82. The number of halogens is 3. The van der Waals surface area contributed by atoms with Crippen molar-refractivity contribution in [2.24, 2.45) is 4.99 Å². The normalized spacial score (nSPS) is 16.8. The summed E-state index contributed by atoms with van der Waals surface area (Å²) in [4.78, 5) is 11.9. The van der Waals surface area contributed by atoms with Gasteiger partial charge in [0.05, 0.1) is 0 Å². The summed E-state index contributed by atoms with van der Waals surface area (Å²) in [6, 6.07) is -3.01. The van der Waals surface area contributed by atoms with Crippen molar-refractivity contribution in [3.05, 3.63) is 24.3 Å². The average molecular weight is 207 g/mol. The first kappa shape index (κ1) is 12.4. The number of allylic oxidation sites excluding steroid dienone is 3. The van der Waals surface area contributed by atoms with Crippen LogP contribution in [0.3, 0.4) is 0 Å². The van der Waals surface area contributed by atoms with Crippen molar-refractivity contribution < 1.29 is 23.1 Å². The second-order valence-electron chi connectivity index (χ2n) is 2.14. The number of carboxylic acids is 1. The first-order chi connectivity index (χ1) is 6.48. The second-order valence-corrected chi connectivity index (χ2v) is 2.14. The van der Waals surface area contributed by atoms with Gasteiger partial charge in [-0.15, -0.1) is 0 Å². The standard InChI is InChI=1S/C6H5F2N.C2H3FO2/c7-6(8)4-2-1-3-5-9-6;3-1-2(4)5/h1-5H;1H2,(H,4,5). The topological polar surface area (TPSA) is 49.7 Å². The molecule has 0 bridgehead atoms. The molecule has 1 rings (SSSR count). The number of alkyl halides is 3. The van der Waals surface area contributed by atoms with E-state index in [1.54, 1.807) is 0 Å². The molecule has 1 N–H and O–H groups in total. The lowest BCUT2D eigenvalue weighted by molar-refractivity contribution is -0.137. The molecule has 0 saturated heterocycles. The number of nitrogens with zero attached hydrogens (tertiary/aromatic N) is 1. The van der Waals surface area contributed by atoms with Crippen molar-refractivity contribution in [3.63, 3.8) is 0 Å². The minimum Gasteiger partial charge on any atom is -0.479 e. The highest BCUT2D eigenvalue weighted by atomic mass is 19.3. The van der Waals surface area contributed by atoms with Gasteiger partial charge in [-0.1, -0.05) is 12.2 Å².